The Kier molecular flexibility index (Phi) is 2.67. The molecule has 17 heavy (non-hydrogen) atoms. The number of benzene rings is 1. The molecule has 84 valence electrons. The summed E-state index contributed by atoms with van der Waals surface area (Å²) in [6.45, 7) is 0.734. The zero-order valence-electron chi connectivity index (χ0n) is 9.00. The van der Waals surface area contributed by atoms with Gasteiger partial charge in [0.15, 0.2) is 0 Å². The molecule has 0 saturated carbocycles. The lowest BCUT2D eigenvalue weighted by atomic mass is 10.1. The molecule has 2 heterocycles. The van der Waals surface area contributed by atoms with Crippen molar-refractivity contribution in [3.8, 4) is 0 Å². The fraction of sp³-hybridized carbons (Fsp3) is 0.0833. The molecular weight excluding hydrogens is 232 g/mol. The number of aromatic nitrogens is 3. The second-order valence-electron chi connectivity index (χ2n) is 3.58. The molecule has 0 amide bonds. The molecule has 0 aliphatic heterocycles. The Morgan fingerprint density at radius 3 is 3.00 bits per heavy atom. The molecule has 5 heteroatoms. The minimum atomic E-state index is 0.734. The van der Waals surface area contributed by atoms with E-state index in [0.29, 0.717) is 0 Å². The van der Waals surface area contributed by atoms with E-state index < -0.39 is 0 Å². The number of pyridine rings is 1. The zero-order valence-corrected chi connectivity index (χ0v) is 9.81. The molecule has 3 aromatic rings. The van der Waals surface area contributed by atoms with Crippen molar-refractivity contribution in [1.29, 1.82) is 0 Å². The van der Waals surface area contributed by atoms with Gasteiger partial charge in [0.2, 0.25) is 5.13 Å². The summed E-state index contributed by atoms with van der Waals surface area (Å²) in [6.07, 6.45) is 1.83. The van der Waals surface area contributed by atoms with Crippen molar-refractivity contribution in [2.75, 3.05) is 5.32 Å². The minimum absolute atomic E-state index is 0.734. The number of anilines is 1. The fourth-order valence-corrected chi connectivity index (χ4v) is 2.17. The topological polar surface area (TPSA) is 50.7 Å². The first-order valence-corrected chi connectivity index (χ1v) is 6.14. The van der Waals surface area contributed by atoms with E-state index in [1.807, 2.05) is 30.5 Å². The van der Waals surface area contributed by atoms with Crippen LogP contribution in [0.1, 0.15) is 5.56 Å². The van der Waals surface area contributed by atoms with Crippen LogP contribution in [0.3, 0.4) is 0 Å². The standard InChI is InChI=1S/C12H10N4S/c1-2-4-11-10(3-1)9(5-6-13-11)7-14-12-16-15-8-17-12/h1-6,8H,7H2,(H,14,16). The predicted molar refractivity (Wildman–Crippen MR) is 69.0 cm³/mol. The molecule has 4 nitrogen and oxygen atoms in total. The Balaban J connectivity index is 1.90. The third-order valence-electron chi connectivity index (χ3n) is 2.53. The van der Waals surface area contributed by atoms with Gasteiger partial charge in [0.25, 0.3) is 0 Å². The van der Waals surface area contributed by atoms with Crippen LogP contribution in [0.4, 0.5) is 5.13 Å². The van der Waals surface area contributed by atoms with Gasteiger partial charge in [0.05, 0.1) is 5.52 Å². The van der Waals surface area contributed by atoms with E-state index >= 15 is 0 Å². The van der Waals surface area contributed by atoms with Crippen molar-refractivity contribution >= 4 is 27.4 Å². The monoisotopic (exact) mass is 242 g/mol. The summed E-state index contributed by atoms with van der Waals surface area (Å²) in [4.78, 5) is 4.33. The number of nitrogens with zero attached hydrogens (tertiary/aromatic N) is 3. The van der Waals surface area contributed by atoms with Crippen LogP contribution in [-0.2, 0) is 6.54 Å². The summed E-state index contributed by atoms with van der Waals surface area (Å²) in [5.74, 6) is 0. The Morgan fingerprint density at radius 1 is 1.18 bits per heavy atom. The number of fused-ring (bicyclic) bond motifs is 1. The van der Waals surface area contributed by atoms with Gasteiger partial charge in [-0.2, -0.15) is 0 Å². The maximum Gasteiger partial charge on any atom is 0.205 e. The van der Waals surface area contributed by atoms with E-state index in [1.54, 1.807) is 5.51 Å². The highest BCUT2D eigenvalue weighted by Crippen LogP contribution is 2.18. The van der Waals surface area contributed by atoms with Crippen LogP contribution in [0.5, 0.6) is 0 Å². The third kappa shape index (κ3) is 2.09. The molecule has 0 saturated heterocycles. The highest BCUT2D eigenvalue weighted by atomic mass is 32.1. The lowest BCUT2D eigenvalue weighted by Crippen LogP contribution is -2.00. The fourth-order valence-electron chi connectivity index (χ4n) is 1.73. The van der Waals surface area contributed by atoms with E-state index in [1.165, 1.54) is 22.3 Å². The average Bonchev–Trinajstić information content (AvgIpc) is 2.89. The van der Waals surface area contributed by atoms with E-state index in [-0.39, 0.29) is 0 Å². The first-order chi connectivity index (χ1) is 8.43. The summed E-state index contributed by atoms with van der Waals surface area (Å²) in [5, 5.41) is 13.0. The van der Waals surface area contributed by atoms with Crippen molar-refractivity contribution in [3.63, 3.8) is 0 Å². The van der Waals surface area contributed by atoms with Crippen LogP contribution in [-0.4, -0.2) is 15.2 Å². The number of hydrogen-bond donors (Lipinski definition) is 1. The van der Waals surface area contributed by atoms with Gasteiger partial charge in [-0.3, -0.25) is 4.98 Å². The lowest BCUT2D eigenvalue weighted by molar-refractivity contribution is 1.05. The summed E-state index contributed by atoms with van der Waals surface area (Å²) in [7, 11) is 0. The Hall–Kier alpha value is -2.01. The SMILES string of the molecule is c1ccc2c(CNc3nncs3)ccnc2c1. The summed E-state index contributed by atoms with van der Waals surface area (Å²) < 4.78 is 0. The second kappa shape index (κ2) is 4.47. The molecule has 0 aliphatic carbocycles. The third-order valence-corrected chi connectivity index (χ3v) is 3.18. The van der Waals surface area contributed by atoms with Gasteiger partial charge in [-0.1, -0.05) is 29.5 Å². The van der Waals surface area contributed by atoms with Crippen molar-refractivity contribution in [2.24, 2.45) is 0 Å². The molecule has 1 N–H and O–H groups in total. The zero-order chi connectivity index (χ0) is 11.5. The minimum Gasteiger partial charge on any atom is -0.356 e. The summed E-state index contributed by atoms with van der Waals surface area (Å²) in [5.41, 5.74) is 3.95. The van der Waals surface area contributed by atoms with Gasteiger partial charge < -0.3 is 5.32 Å². The molecule has 0 aliphatic rings. The molecule has 0 radical (unpaired) electrons. The molecule has 1 aromatic carbocycles. The van der Waals surface area contributed by atoms with Gasteiger partial charge >= 0.3 is 0 Å². The molecule has 3 rings (SSSR count). The first kappa shape index (κ1) is 10.2. The van der Waals surface area contributed by atoms with Crippen LogP contribution in [0.2, 0.25) is 0 Å². The molecule has 0 fully saturated rings. The van der Waals surface area contributed by atoms with Crippen LogP contribution in [0, 0.1) is 0 Å². The maximum absolute atomic E-state index is 4.33. The van der Waals surface area contributed by atoms with E-state index in [9.17, 15) is 0 Å². The van der Waals surface area contributed by atoms with Crippen LogP contribution in [0.25, 0.3) is 10.9 Å². The highest BCUT2D eigenvalue weighted by Gasteiger charge is 2.02. The van der Waals surface area contributed by atoms with Crippen molar-refractivity contribution in [2.45, 2.75) is 6.54 Å². The number of rotatable bonds is 3. The number of nitrogens with one attached hydrogen (secondary N) is 1. The van der Waals surface area contributed by atoms with E-state index in [0.717, 1.165) is 17.2 Å². The van der Waals surface area contributed by atoms with Gasteiger partial charge in [-0.05, 0) is 17.7 Å². The Morgan fingerprint density at radius 2 is 2.12 bits per heavy atom. The van der Waals surface area contributed by atoms with Gasteiger partial charge in [-0.15, -0.1) is 10.2 Å². The Bertz CT molecular complexity index is 616. The molecule has 0 spiro atoms. The van der Waals surface area contributed by atoms with E-state index in [2.05, 4.69) is 26.6 Å². The summed E-state index contributed by atoms with van der Waals surface area (Å²) >= 11 is 1.50. The molecule has 0 unspecified atom stereocenters. The predicted octanol–water partition coefficient (Wildman–Crippen LogP) is 2.70. The normalized spacial score (nSPS) is 10.6. The molecule has 0 bridgehead atoms. The number of hydrogen-bond acceptors (Lipinski definition) is 5. The van der Waals surface area contributed by atoms with Crippen molar-refractivity contribution < 1.29 is 0 Å². The van der Waals surface area contributed by atoms with E-state index in [4.69, 9.17) is 0 Å². The molecule has 0 atom stereocenters. The Labute approximate surface area is 102 Å². The molecular formula is C12H10N4S. The van der Waals surface area contributed by atoms with Crippen LogP contribution in [0.15, 0.2) is 42.0 Å². The van der Waals surface area contributed by atoms with Crippen LogP contribution >= 0.6 is 11.3 Å². The smallest absolute Gasteiger partial charge is 0.205 e. The largest absolute Gasteiger partial charge is 0.356 e. The number of para-hydroxylation sites is 1. The summed E-state index contributed by atoms with van der Waals surface area (Å²) in [6, 6.07) is 10.1. The van der Waals surface area contributed by atoms with Gasteiger partial charge in [-0.25, -0.2) is 0 Å². The van der Waals surface area contributed by atoms with Crippen LogP contribution < -0.4 is 5.32 Å². The first-order valence-electron chi connectivity index (χ1n) is 5.26. The van der Waals surface area contributed by atoms with Crippen molar-refractivity contribution in [3.05, 3.63) is 47.6 Å². The highest BCUT2D eigenvalue weighted by molar-refractivity contribution is 7.13. The average molecular weight is 242 g/mol. The van der Waals surface area contributed by atoms with Crippen molar-refractivity contribution in [1.82, 2.24) is 15.2 Å². The van der Waals surface area contributed by atoms with Gasteiger partial charge in [0, 0.05) is 18.1 Å². The maximum atomic E-state index is 4.33. The quantitative estimate of drug-likeness (QED) is 0.767. The molecule has 2 aromatic heterocycles. The van der Waals surface area contributed by atoms with Gasteiger partial charge in [0.1, 0.15) is 5.51 Å². The lowest BCUT2D eigenvalue weighted by Gasteiger charge is -2.06. The second-order valence-corrected chi connectivity index (χ2v) is 4.42.